The first-order valence-corrected chi connectivity index (χ1v) is 10.2. The van der Waals surface area contributed by atoms with Crippen LogP contribution in [0.5, 0.6) is 0 Å². The van der Waals surface area contributed by atoms with Crippen LogP contribution in [0.25, 0.3) is 0 Å². The molecule has 2 heterocycles. The standard InChI is InChI=1S/C19H26N4S/c1-23(12-16-3-2-4-24-16)18(17-11-20-22-21-17)19-8-13-5-14(9-19)7-15(6-13)10-19/h2-4,11,13-15,18H,5-10,12H2,1H3,(H,20,21,22). The normalized spacial score (nSPS) is 35.7. The van der Waals surface area contributed by atoms with Crippen LogP contribution < -0.4 is 0 Å². The summed E-state index contributed by atoms with van der Waals surface area (Å²) in [5.74, 6) is 2.88. The molecule has 4 fully saturated rings. The highest BCUT2D eigenvalue weighted by Crippen LogP contribution is 2.64. The monoisotopic (exact) mass is 342 g/mol. The van der Waals surface area contributed by atoms with Crippen molar-refractivity contribution in [2.45, 2.75) is 51.1 Å². The van der Waals surface area contributed by atoms with Gasteiger partial charge in [0.2, 0.25) is 0 Å². The van der Waals surface area contributed by atoms with Crippen molar-refractivity contribution in [1.82, 2.24) is 20.3 Å². The molecule has 0 radical (unpaired) electrons. The molecule has 0 aromatic carbocycles. The summed E-state index contributed by atoms with van der Waals surface area (Å²) in [5.41, 5.74) is 1.56. The highest BCUT2D eigenvalue weighted by atomic mass is 32.1. The van der Waals surface area contributed by atoms with Crippen molar-refractivity contribution in [3.8, 4) is 0 Å². The van der Waals surface area contributed by atoms with Gasteiger partial charge in [-0.25, -0.2) is 0 Å². The summed E-state index contributed by atoms with van der Waals surface area (Å²) in [6.07, 6.45) is 10.7. The summed E-state index contributed by atoms with van der Waals surface area (Å²) in [4.78, 5) is 3.99. The van der Waals surface area contributed by atoms with Crippen LogP contribution in [-0.4, -0.2) is 27.4 Å². The number of thiophene rings is 1. The molecule has 0 amide bonds. The zero-order valence-electron chi connectivity index (χ0n) is 14.3. The molecule has 4 bridgehead atoms. The largest absolute Gasteiger partial charge is 0.292 e. The van der Waals surface area contributed by atoms with Crippen molar-refractivity contribution in [1.29, 1.82) is 0 Å². The minimum absolute atomic E-state index is 0.395. The molecule has 2 aromatic heterocycles. The van der Waals surface area contributed by atoms with Crippen LogP contribution in [0.15, 0.2) is 23.7 Å². The van der Waals surface area contributed by atoms with Crippen LogP contribution >= 0.6 is 11.3 Å². The first kappa shape index (κ1) is 15.1. The van der Waals surface area contributed by atoms with Crippen molar-refractivity contribution in [2.24, 2.45) is 23.2 Å². The lowest BCUT2D eigenvalue weighted by Crippen LogP contribution is -2.52. The summed E-state index contributed by atoms with van der Waals surface area (Å²) in [6, 6.07) is 4.80. The molecule has 4 aliphatic carbocycles. The van der Waals surface area contributed by atoms with Crippen LogP contribution in [-0.2, 0) is 6.54 Å². The molecule has 0 aliphatic heterocycles. The number of aromatic amines is 1. The Kier molecular flexibility index (Phi) is 3.56. The molecule has 1 N–H and O–H groups in total. The van der Waals surface area contributed by atoms with E-state index in [-0.39, 0.29) is 0 Å². The highest BCUT2D eigenvalue weighted by Gasteiger charge is 2.55. The fourth-order valence-corrected chi connectivity index (χ4v) is 7.37. The molecule has 2 aromatic rings. The van der Waals surface area contributed by atoms with E-state index in [2.05, 4.69) is 44.9 Å². The number of rotatable bonds is 5. The van der Waals surface area contributed by atoms with Crippen LogP contribution in [0.4, 0.5) is 0 Å². The van der Waals surface area contributed by atoms with Gasteiger partial charge in [-0.15, -0.1) is 16.4 Å². The molecule has 0 saturated heterocycles. The number of hydrogen-bond acceptors (Lipinski definition) is 4. The zero-order chi connectivity index (χ0) is 16.1. The average molecular weight is 343 g/mol. The van der Waals surface area contributed by atoms with Crippen LogP contribution in [0.1, 0.15) is 55.1 Å². The van der Waals surface area contributed by atoms with E-state index in [0.717, 1.165) is 30.0 Å². The van der Waals surface area contributed by atoms with E-state index in [4.69, 9.17) is 0 Å². The van der Waals surface area contributed by atoms with Crippen LogP contribution in [0, 0.1) is 23.2 Å². The molecule has 1 unspecified atom stereocenters. The first-order chi connectivity index (χ1) is 11.7. The van der Waals surface area contributed by atoms with Gasteiger partial charge >= 0.3 is 0 Å². The Labute approximate surface area is 147 Å². The molecular formula is C19H26N4S. The molecule has 4 aliphatic rings. The second-order valence-electron chi connectivity index (χ2n) is 8.58. The number of aromatic nitrogens is 3. The van der Waals surface area contributed by atoms with Crippen molar-refractivity contribution in [3.63, 3.8) is 0 Å². The number of nitrogens with zero attached hydrogens (tertiary/aromatic N) is 3. The van der Waals surface area contributed by atoms with Gasteiger partial charge in [0.25, 0.3) is 0 Å². The second kappa shape index (κ2) is 5.67. The van der Waals surface area contributed by atoms with Gasteiger partial charge in [0.05, 0.1) is 6.04 Å². The Hall–Kier alpha value is -1.20. The van der Waals surface area contributed by atoms with Gasteiger partial charge in [0, 0.05) is 17.6 Å². The Bertz CT molecular complexity index is 643. The smallest absolute Gasteiger partial charge is 0.100 e. The van der Waals surface area contributed by atoms with E-state index < -0.39 is 0 Å². The lowest BCUT2D eigenvalue weighted by molar-refractivity contribution is -0.101. The zero-order valence-corrected chi connectivity index (χ0v) is 15.1. The van der Waals surface area contributed by atoms with Gasteiger partial charge in [-0.2, -0.15) is 0 Å². The van der Waals surface area contributed by atoms with E-state index in [1.807, 2.05) is 17.5 Å². The summed E-state index contributed by atoms with van der Waals surface area (Å²) < 4.78 is 0. The molecule has 4 saturated carbocycles. The molecule has 6 rings (SSSR count). The SMILES string of the molecule is CN(Cc1cccs1)C(c1c[nH]nn1)C12CC3CC(CC(C3)C1)C2. The predicted octanol–water partition coefficient (Wildman–Crippen LogP) is 4.26. The van der Waals surface area contributed by atoms with Crippen molar-refractivity contribution >= 4 is 11.3 Å². The van der Waals surface area contributed by atoms with Gasteiger partial charge in [0.1, 0.15) is 5.69 Å². The van der Waals surface area contributed by atoms with E-state index >= 15 is 0 Å². The maximum absolute atomic E-state index is 4.48. The van der Waals surface area contributed by atoms with Gasteiger partial charge < -0.3 is 0 Å². The molecular weight excluding hydrogens is 316 g/mol. The highest BCUT2D eigenvalue weighted by molar-refractivity contribution is 7.09. The molecule has 128 valence electrons. The quantitative estimate of drug-likeness (QED) is 0.883. The Morgan fingerprint density at radius 2 is 1.96 bits per heavy atom. The van der Waals surface area contributed by atoms with E-state index in [9.17, 15) is 0 Å². The minimum atomic E-state index is 0.395. The number of hydrogen-bond donors (Lipinski definition) is 1. The molecule has 0 spiro atoms. The molecule has 24 heavy (non-hydrogen) atoms. The summed E-state index contributed by atoms with van der Waals surface area (Å²) in [6.45, 7) is 1.01. The third-order valence-corrected chi connectivity index (χ3v) is 7.67. The Balaban J connectivity index is 1.50. The van der Waals surface area contributed by atoms with E-state index in [1.54, 1.807) is 0 Å². The Morgan fingerprint density at radius 1 is 1.25 bits per heavy atom. The topological polar surface area (TPSA) is 44.8 Å². The van der Waals surface area contributed by atoms with Crippen LogP contribution in [0.2, 0.25) is 0 Å². The summed E-state index contributed by atoms with van der Waals surface area (Å²) in [7, 11) is 2.29. The maximum Gasteiger partial charge on any atom is 0.100 e. The van der Waals surface area contributed by atoms with Gasteiger partial charge in [-0.1, -0.05) is 11.3 Å². The number of H-pyrrole nitrogens is 1. The van der Waals surface area contributed by atoms with Crippen molar-refractivity contribution in [3.05, 3.63) is 34.3 Å². The summed E-state index contributed by atoms with van der Waals surface area (Å²) in [5, 5.41) is 13.7. The lowest BCUT2D eigenvalue weighted by atomic mass is 9.47. The maximum atomic E-state index is 4.48. The van der Waals surface area contributed by atoms with Crippen molar-refractivity contribution < 1.29 is 0 Å². The predicted molar refractivity (Wildman–Crippen MR) is 95.5 cm³/mol. The second-order valence-corrected chi connectivity index (χ2v) is 9.61. The molecule has 5 heteroatoms. The lowest BCUT2D eigenvalue weighted by Gasteiger charge is -2.60. The van der Waals surface area contributed by atoms with Crippen LogP contribution in [0.3, 0.4) is 0 Å². The average Bonchev–Trinajstić information content (AvgIpc) is 3.19. The van der Waals surface area contributed by atoms with Gasteiger partial charge in [0.15, 0.2) is 0 Å². The van der Waals surface area contributed by atoms with E-state index in [1.165, 1.54) is 43.4 Å². The molecule has 1 atom stereocenters. The van der Waals surface area contributed by atoms with Gasteiger partial charge in [-0.05, 0) is 80.2 Å². The van der Waals surface area contributed by atoms with E-state index in [0.29, 0.717) is 11.5 Å². The van der Waals surface area contributed by atoms with Crippen molar-refractivity contribution in [2.75, 3.05) is 7.05 Å². The fourth-order valence-electron chi connectivity index (χ4n) is 6.60. The number of nitrogens with one attached hydrogen (secondary N) is 1. The fraction of sp³-hybridized carbons (Fsp3) is 0.684. The molecule has 4 nitrogen and oxygen atoms in total. The summed E-state index contributed by atoms with van der Waals surface area (Å²) >= 11 is 1.86. The van der Waals surface area contributed by atoms with Gasteiger partial charge in [-0.3, -0.25) is 10.00 Å². The Morgan fingerprint density at radius 3 is 2.50 bits per heavy atom. The minimum Gasteiger partial charge on any atom is -0.292 e. The third kappa shape index (κ3) is 2.44. The third-order valence-electron chi connectivity index (χ3n) is 6.81. The first-order valence-electron chi connectivity index (χ1n) is 9.31.